The number of nitrogens with one attached hydrogen (secondary N) is 1. The monoisotopic (exact) mass is 163 g/mol. The molecular formula is C7H14ClNO. The van der Waals surface area contributed by atoms with Crippen molar-refractivity contribution in [2.24, 2.45) is 0 Å². The summed E-state index contributed by atoms with van der Waals surface area (Å²) in [6.07, 6.45) is 4.65. The van der Waals surface area contributed by atoms with Crippen LogP contribution in [0.5, 0.6) is 0 Å². The van der Waals surface area contributed by atoms with Crippen LogP contribution in [0.3, 0.4) is 0 Å². The van der Waals surface area contributed by atoms with E-state index in [1.54, 1.807) is 0 Å². The molecule has 0 aromatic rings. The van der Waals surface area contributed by atoms with E-state index in [9.17, 15) is 5.11 Å². The maximum atomic E-state index is 9.44. The predicted molar refractivity (Wildman–Crippen MR) is 42.5 cm³/mol. The minimum Gasteiger partial charge on any atom is -0.391 e. The number of rotatable bonds is 0. The molecule has 0 radical (unpaired) electrons. The molecular weight excluding hydrogens is 150 g/mol. The van der Waals surface area contributed by atoms with Gasteiger partial charge in [-0.05, 0) is 12.8 Å². The molecule has 1 saturated heterocycles. The van der Waals surface area contributed by atoms with Crippen molar-refractivity contribution < 1.29 is 5.11 Å². The SMILES string of the molecule is Cl.OC1CCCCC12CN2. The van der Waals surface area contributed by atoms with Crippen LogP contribution in [0.15, 0.2) is 0 Å². The highest BCUT2D eigenvalue weighted by molar-refractivity contribution is 5.85. The molecule has 2 N–H and O–H groups in total. The Morgan fingerprint density at radius 2 is 2.10 bits per heavy atom. The molecule has 2 nitrogen and oxygen atoms in total. The van der Waals surface area contributed by atoms with Crippen molar-refractivity contribution >= 4 is 12.4 Å². The molecule has 2 fully saturated rings. The van der Waals surface area contributed by atoms with Crippen molar-refractivity contribution in [2.45, 2.75) is 37.3 Å². The molecule has 60 valence electrons. The summed E-state index contributed by atoms with van der Waals surface area (Å²) < 4.78 is 0. The second kappa shape index (κ2) is 2.68. The number of aliphatic hydroxyl groups is 1. The van der Waals surface area contributed by atoms with Crippen molar-refractivity contribution in [1.82, 2.24) is 5.32 Å². The van der Waals surface area contributed by atoms with E-state index in [2.05, 4.69) is 5.32 Å². The van der Waals surface area contributed by atoms with E-state index in [1.807, 2.05) is 0 Å². The fourth-order valence-corrected chi connectivity index (χ4v) is 1.75. The van der Waals surface area contributed by atoms with Crippen LogP contribution >= 0.6 is 12.4 Å². The summed E-state index contributed by atoms with van der Waals surface area (Å²) in [6.45, 7) is 1.05. The van der Waals surface area contributed by atoms with Crippen LogP contribution in [0, 0.1) is 0 Å². The third-order valence-electron chi connectivity index (χ3n) is 2.62. The zero-order valence-electron chi connectivity index (χ0n) is 5.97. The Balaban J connectivity index is 0.000000500. The van der Waals surface area contributed by atoms with Crippen molar-refractivity contribution in [3.63, 3.8) is 0 Å². The first-order valence-corrected chi connectivity index (χ1v) is 3.77. The van der Waals surface area contributed by atoms with Crippen LogP contribution in [0.25, 0.3) is 0 Å². The topological polar surface area (TPSA) is 42.2 Å². The summed E-state index contributed by atoms with van der Waals surface area (Å²) >= 11 is 0. The summed E-state index contributed by atoms with van der Waals surface area (Å²) in [4.78, 5) is 0. The Bertz CT molecular complexity index is 125. The first-order valence-electron chi connectivity index (χ1n) is 3.77. The van der Waals surface area contributed by atoms with Gasteiger partial charge in [0.2, 0.25) is 0 Å². The highest BCUT2D eigenvalue weighted by atomic mass is 35.5. The van der Waals surface area contributed by atoms with Crippen LogP contribution in [-0.2, 0) is 0 Å². The zero-order valence-corrected chi connectivity index (χ0v) is 6.78. The van der Waals surface area contributed by atoms with Gasteiger partial charge in [-0.1, -0.05) is 12.8 Å². The molecule has 0 bridgehead atoms. The molecule has 2 atom stereocenters. The quantitative estimate of drug-likeness (QED) is 0.516. The third-order valence-corrected chi connectivity index (χ3v) is 2.62. The van der Waals surface area contributed by atoms with Crippen molar-refractivity contribution in [1.29, 1.82) is 0 Å². The minimum atomic E-state index is -0.0498. The summed E-state index contributed by atoms with van der Waals surface area (Å²) in [5, 5.41) is 12.7. The highest BCUT2D eigenvalue weighted by Gasteiger charge is 2.49. The first-order chi connectivity index (χ1) is 4.33. The van der Waals surface area contributed by atoms with Gasteiger partial charge in [-0.2, -0.15) is 0 Å². The molecule has 2 rings (SSSR count). The molecule has 1 saturated carbocycles. The van der Waals surface area contributed by atoms with Gasteiger partial charge in [-0.25, -0.2) is 0 Å². The first kappa shape index (κ1) is 8.31. The van der Waals surface area contributed by atoms with E-state index >= 15 is 0 Å². The Morgan fingerprint density at radius 1 is 1.40 bits per heavy atom. The summed E-state index contributed by atoms with van der Waals surface area (Å²) in [5.41, 5.74) is 0.193. The van der Waals surface area contributed by atoms with Crippen LogP contribution in [0.4, 0.5) is 0 Å². The molecule has 2 aliphatic rings. The third kappa shape index (κ3) is 1.16. The second-order valence-electron chi connectivity index (χ2n) is 3.27. The van der Waals surface area contributed by atoms with Gasteiger partial charge < -0.3 is 10.4 Å². The fraction of sp³-hybridized carbons (Fsp3) is 1.00. The fourth-order valence-electron chi connectivity index (χ4n) is 1.75. The number of hydrogen-bond acceptors (Lipinski definition) is 2. The minimum absolute atomic E-state index is 0. The predicted octanol–water partition coefficient (Wildman–Crippen LogP) is 0.685. The van der Waals surface area contributed by atoms with Crippen LogP contribution in [0.2, 0.25) is 0 Å². The van der Waals surface area contributed by atoms with Crippen LogP contribution in [-0.4, -0.2) is 23.3 Å². The lowest BCUT2D eigenvalue weighted by atomic mass is 9.86. The molecule has 1 aliphatic carbocycles. The van der Waals surface area contributed by atoms with E-state index in [0.29, 0.717) is 0 Å². The van der Waals surface area contributed by atoms with Gasteiger partial charge >= 0.3 is 0 Å². The summed E-state index contributed by atoms with van der Waals surface area (Å²) in [7, 11) is 0. The maximum Gasteiger partial charge on any atom is 0.0734 e. The van der Waals surface area contributed by atoms with Gasteiger partial charge in [0.15, 0.2) is 0 Å². The Labute approximate surface area is 67.4 Å². The smallest absolute Gasteiger partial charge is 0.0734 e. The zero-order chi connectivity index (χ0) is 6.32. The lowest BCUT2D eigenvalue weighted by molar-refractivity contribution is 0.0927. The number of halogens is 1. The van der Waals surface area contributed by atoms with E-state index < -0.39 is 0 Å². The Morgan fingerprint density at radius 3 is 2.50 bits per heavy atom. The Kier molecular flexibility index (Phi) is 2.23. The normalized spacial score (nSPS) is 44.7. The average Bonchev–Trinajstić information content (AvgIpc) is 2.60. The van der Waals surface area contributed by atoms with Gasteiger partial charge in [0.1, 0.15) is 0 Å². The average molecular weight is 164 g/mol. The molecule has 1 spiro atoms. The van der Waals surface area contributed by atoms with Gasteiger partial charge in [0.25, 0.3) is 0 Å². The molecule has 0 aromatic heterocycles. The van der Waals surface area contributed by atoms with E-state index in [-0.39, 0.29) is 24.0 Å². The molecule has 1 aliphatic heterocycles. The van der Waals surface area contributed by atoms with Gasteiger partial charge in [-0.3, -0.25) is 0 Å². The van der Waals surface area contributed by atoms with Crippen molar-refractivity contribution in [3.8, 4) is 0 Å². The highest BCUT2D eigenvalue weighted by Crippen LogP contribution is 2.35. The summed E-state index contributed by atoms with van der Waals surface area (Å²) in [5.74, 6) is 0. The van der Waals surface area contributed by atoms with Gasteiger partial charge in [0, 0.05) is 6.54 Å². The summed E-state index contributed by atoms with van der Waals surface area (Å²) in [6, 6.07) is 0. The van der Waals surface area contributed by atoms with Crippen molar-refractivity contribution in [3.05, 3.63) is 0 Å². The van der Waals surface area contributed by atoms with Crippen LogP contribution < -0.4 is 5.32 Å². The van der Waals surface area contributed by atoms with E-state index in [0.717, 1.165) is 13.0 Å². The molecule has 0 amide bonds. The standard InChI is InChI=1S/C7H13NO.ClH/c9-6-3-1-2-4-7(6)5-8-7;/h6,8-9H,1-5H2;1H. The number of aliphatic hydroxyl groups excluding tert-OH is 1. The van der Waals surface area contributed by atoms with E-state index in [4.69, 9.17) is 0 Å². The van der Waals surface area contributed by atoms with E-state index in [1.165, 1.54) is 19.3 Å². The number of hydrogen-bond donors (Lipinski definition) is 2. The van der Waals surface area contributed by atoms with Gasteiger partial charge in [-0.15, -0.1) is 12.4 Å². The molecule has 10 heavy (non-hydrogen) atoms. The maximum absolute atomic E-state index is 9.44. The van der Waals surface area contributed by atoms with Crippen LogP contribution in [0.1, 0.15) is 25.7 Å². The second-order valence-corrected chi connectivity index (χ2v) is 3.27. The Hall–Kier alpha value is 0.210. The lowest BCUT2D eigenvalue weighted by Crippen LogP contribution is -2.35. The molecule has 1 heterocycles. The molecule has 2 unspecified atom stereocenters. The van der Waals surface area contributed by atoms with Crippen molar-refractivity contribution in [2.75, 3.05) is 6.54 Å². The molecule has 3 heteroatoms. The van der Waals surface area contributed by atoms with Gasteiger partial charge in [0.05, 0.1) is 11.6 Å². The molecule has 0 aromatic carbocycles. The largest absolute Gasteiger partial charge is 0.391 e. The lowest BCUT2D eigenvalue weighted by Gasteiger charge is -2.25.